The topological polar surface area (TPSA) is 27.7 Å². The highest BCUT2D eigenvalue weighted by atomic mass is 19.3. The van der Waals surface area contributed by atoms with Gasteiger partial charge in [0.15, 0.2) is 23.7 Å². The summed E-state index contributed by atoms with van der Waals surface area (Å²) in [7, 11) is 0. The van der Waals surface area contributed by atoms with Gasteiger partial charge in [0.25, 0.3) is 0 Å². The van der Waals surface area contributed by atoms with Gasteiger partial charge in [0.2, 0.25) is 0 Å². The summed E-state index contributed by atoms with van der Waals surface area (Å²) >= 11 is 0. The van der Waals surface area contributed by atoms with Crippen LogP contribution in [0.5, 0.6) is 5.75 Å². The molecule has 0 spiro atoms. The molecule has 3 nitrogen and oxygen atoms in total. The van der Waals surface area contributed by atoms with E-state index in [1.165, 1.54) is 0 Å². The molecule has 0 aliphatic carbocycles. The molecule has 1 aliphatic heterocycles. The van der Waals surface area contributed by atoms with Gasteiger partial charge in [0.05, 0.1) is 13.2 Å². The average molecular weight is 637 g/mol. The van der Waals surface area contributed by atoms with Crippen LogP contribution in [0, 0.1) is 40.8 Å². The van der Waals surface area contributed by atoms with Crippen LogP contribution in [0.15, 0.2) is 66.7 Å². The molecule has 4 aromatic rings. The third-order valence-corrected chi connectivity index (χ3v) is 7.51. The van der Waals surface area contributed by atoms with Gasteiger partial charge in [-0.3, -0.25) is 0 Å². The fourth-order valence-corrected chi connectivity index (χ4v) is 5.14. The highest BCUT2D eigenvalue weighted by Gasteiger charge is 2.41. The molecule has 0 N–H and O–H groups in total. The first-order valence-electron chi connectivity index (χ1n) is 14.3. The van der Waals surface area contributed by atoms with Crippen LogP contribution < -0.4 is 4.74 Å². The maximum Gasteiger partial charge on any atom is 0.432 e. The van der Waals surface area contributed by atoms with Crippen molar-refractivity contribution in [3.05, 3.63) is 113 Å². The van der Waals surface area contributed by atoms with Gasteiger partial charge in [0.1, 0.15) is 28.8 Å². The second-order valence-electron chi connectivity index (χ2n) is 10.8. The van der Waals surface area contributed by atoms with E-state index in [0.717, 1.165) is 49.9 Å². The standard InChI is InChI=1S/C34H28F8O3/c1-2-3-4-5-19-17-43-33(44-18-19)21-8-6-20(7-9-21)22-12-27(36)31(28(37)13-22)34(41,42)45-24-10-11-25(26(35)16-24)23-14-29(38)32(40)30(39)15-23/h6-16,19,33H,2-5,17-18H2,1H3. The Balaban J connectivity index is 1.28. The number of benzene rings is 4. The number of ether oxygens (including phenoxy) is 3. The Morgan fingerprint density at radius 3 is 1.87 bits per heavy atom. The Bertz CT molecular complexity index is 1600. The maximum absolute atomic E-state index is 15.0. The Labute approximate surface area is 254 Å². The lowest BCUT2D eigenvalue weighted by Crippen LogP contribution is -2.27. The molecule has 0 unspecified atom stereocenters. The molecule has 5 rings (SSSR count). The molecule has 0 aromatic heterocycles. The van der Waals surface area contributed by atoms with Crippen molar-refractivity contribution in [3.8, 4) is 28.0 Å². The molecule has 0 bridgehead atoms. The lowest BCUT2D eigenvalue weighted by molar-refractivity contribution is -0.206. The number of hydrogen-bond donors (Lipinski definition) is 0. The molecule has 238 valence electrons. The highest BCUT2D eigenvalue weighted by molar-refractivity contribution is 5.66. The Kier molecular flexibility index (Phi) is 9.79. The van der Waals surface area contributed by atoms with Crippen molar-refractivity contribution in [2.45, 2.75) is 45.0 Å². The van der Waals surface area contributed by atoms with Gasteiger partial charge in [-0.1, -0.05) is 50.5 Å². The minimum Gasteiger partial charge on any atom is -0.429 e. The van der Waals surface area contributed by atoms with Crippen LogP contribution in [0.1, 0.15) is 50.0 Å². The molecule has 0 atom stereocenters. The molecule has 1 saturated heterocycles. The summed E-state index contributed by atoms with van der Waals surface area (Å²) in [5, 5.41) is 0. The molecule has 4 aromatic carbocycles. The first-order valence-corrected chi connectivity index (χ1v) is 14.3. The summed E-state index contributed by atoms with van der Waals surface area (Å²) in [4.78, 5) is 0. The van der Waals surface area contributed by atoms with Gasteiger partial charge in [-0.05, 0) is 59.5 Å². The number of alkyl halides is 2. The van der Waals surface area contributed by atoms with E-state index in [2.05, 4.69) is 11.7 Å². The maximum atomic E-state index is 15.0. The van der Waals surface area contributed by atoms with E-state index in [4.69, 9.17) is 9.47 Å². The van der Waals surface area contributed by atoms with Crippen molar-refractivity contribution in [3.63, 3.8) is 0 Å². The third-order valence-electron chi connectivity index (χ3n) is 7.51. The van der Waals surface area contributed by atoms with Crippen LogP contribution in [-0.4, -0.2) is 13.2 Å². The second-order valence-corrected chi connectivity index (χ2v) is 10.8. The minimum atomic E-state index is -4.58. The largest absolute Gasteiger partial charge is 0.432 e. The van der Waals surface area contributed by atoms with Crippen molar-refractivity contribution in [1.29, 1.82) is 0 Å². The van der Waals surface area contributed by atoms with Gasteiger partial charge in [-0.2, -0.15) is 8.78 Å². The quantitative estimate of drug-likeness (QED) is 0.0985. The smallest absolute Gasteiger partial charge is 0.429 e. The molecular weight excluding hydrogens is 608 g/mol. The summed E-state index contributed by atoms with van der Waals surface area (Å²) in [6, 6.07) is 11.0. The fourth-order valence-electron chi connectivity index (χ4n) is 5.14. The predicted molar refractivity (Wildman–Crippen MR) is 150 cm³/mol. The average Bonchev–Trinajstić information content (AvgIpc) is 2.99. The van der Waals surface area contributed by atoms with Gasteiger partial charge >= 0.3 is 6.11 Å². The van der Waals surface area contributed by atoms with E-state index in [1.54, 1.807) is 24.3 Å². The molecule has 45 heavy (non-hydrogen) atoms. The summed E-state index contributed by atoms with van der Waals surface area (Å²) < 4.78 is 131. The van der Waals surface area contributed by atoms with E-state index in [9.17, 15) is 35.1 Å². The number of rotatable bonds is 10. The summed E-state index contributed by atoms with van der Waals surface area (Å²) in [5.41, 5.74) is -1.56. The van der Waals surface area contributed by atoms with Gasteiger partial charge in [-0.15, -0.1) is 0 Å². The molecule has 1 aliphatic rings. The first-order chi connectivity index (χ1) is 21.5. The van der Waals surface area contributed by atoms with Crippen LogP contribution in [0.4, 0.5) is 35.1 Å². The molecule has 0 saturated carbocycles. The Hall–Kier alpha value is -3.96. The monoisotopic (exact) mass is 636 g/mol. The molecule has 1 heterocycles. The van der Waals surface area contributed by atoms with Crippen molar-refractivity contribution in [2.75, 3.05) is 13.2 Å². The predicted octanol–water partition coefficient (Wildman–Crippen LogP) is 10.2. The zero-order chi connectivity index (χ0) is 32.3. The van der Waals surface area contributed by atoms with Gasteiger partial charge in [-0.25, -0.2) is 26.3 Å². The van der Waals surface area contributed by atoms with Gasteiger partial charge < -0.3 is 14.2 Å². The lowest BCUT2D eigenvalue weighted by Gasteiger charge is -2.29. The molecule has 1 fully saturated rings. The van der Waals surface area contributed by atoms with E-state index in [-0.39, 0.29) is 5.56 Å². The normalized spacial score (nSPS) is 17.0. The minimum absolute atomic E-state index is 0.0215. The fraction of sp³-hybridized carbons (Fsp3) is 0.294. The SMILES string of the molecule is CCCCCC1COC(c2ccc(-c3cc(F)c(C(F)(F)Oc4ccc(-c5cc(F)c(F)c(F)c5)c(F)c4)c(F)c3)cc2)OC1. The van der Waals surface area contributed by atoms with Crippen LogP contribution in [0.25, 0.3) is 22.3 Å². The van der Waals surface area contributed by atoms with Crippen molar-refractivity contribution in [2.24, 2.45) is 5.92 Å². The van der Waals surface area contributed by atoms with E-state index < -0.39 is 69.7 Å². The van der Waals surface area contributed by atoms with Crippen LogP contribution >= 0.6 is 0 Å². The second kappa shape index (κ2) is 13.6. The molecule has 0 amide bonds. The number of unbranched alkanes of at least 4 members (excludes halogenated alkanes) is 2. The highest BCUT2D eigenvalue weighted by Crippen LogP contribution is 2.39. The summed E-state index contributed by atoms with van der Waals surface area (Å²) in [5.74, 6) is -9.93. The third kappa shape index (κ3) is 7.31. The van der Waals surface area contributed by atoms with Crippen molar-refractivity contribution < 1.29 is 49.3 Å². The van der Waals surface area contributed by atoms with E-state index in [1.807, 2.05) is 0 Å². The molecular formula is C34H28F8O3. The first kappa shape index (κ1) is 32.4. The molecule has 0 radical (unpaired) electrons. The van der Waals surface area contributed by atoms with Crippen molar-refractivity contribution in [1.82, 2.24) is 0 Å². The Morgan fingerprint density at radius 2 is 1.29 bits per heavy atom. The van der Waals surface area contributed by atoms with Crippen LogP contribution in [0.2, 0.25) is 0 Å². The summed E-state index contributed by atoms with van der Waals surface area (Å²) in [6.07, 6.45) is -0.775. The van der Waals surface area contributed by atoms with Crippen LogP contribution in [-0.2, 0) is 15.6 Å². The van der Waals surface area contributed by atoms with Crippen LogP contribution in [0.3, 0.4) is 0 Å². The number of hydrogen-bond acceptors (Lipinski definition) is 3. The number of halogens is 8. The Morgan fingerprint density at radius 1 is 0.689 bits per heavy atom. The zero-order valence-corrected chi connectivity index (χ0v) is 24.0. The van der Waals surface area contributed by atoms with E-state index in [0.29, 0.717) is 48.5 Å². The van der Waals surface area contributed by atoms with E-state index >= 15 is 0 Å². The molecule has 11 heteroatoms. The summed E-state index contributed by atoms with van der Waals surface area (Å²) in [6.45, 7) is 3.24. The van der Waals surface area contributed by atoms with Gasteiger partial charge in [0, 0.05) is 23.1 Å². The van der Waals surface area contributed by atoms with Crippen molar-refractivity contribution >= 4 is 0 Å². The zero-order valence-electron chi connectivity index (χ0n) is 24.0. The lowest BCUT2D eigenvalue weighted by atomic mass is 10.00.